The Morgan fingerprint density at radius 1 is 0.357 bits per heavy atom. The Bertz CT molecular complexity index is 3190. The third kappa shape index (κ3) is 5.39. The van der Waals surface area contributed by atoms with Gasteiger partial charge in [0.25, 0.3) is 0 Å². The third-order valence-electron chi connectivity index (χ3n) is 10.8. The van der Waals surface area contributed by atoms with Gasteiger partial charge in [-0.05, 0) is 65.2 Å². The molecule has 3 heterocycles. The van der Waals surface area contributed by atoms with E-state index in [4.69, 9.17) is 14.4 Å². The number of fused-ring (bicyclic) bond motifs is 6. The van der Waals surface area contributed by atoms with E-state index in [2.05, 4.69) is 156 Å². The van der Waals surface area contributed by atoms with Gasteiger partial charge in [-0.25, -0.2) is 9.97 Å². The van der Waals surface area contributed by atoms with Gasteiger partial charge in [0, 0.05) is 49.5 Å². The molecule has 11 rings (SSSR count). The van der Waals surface area contributed by atoms with Crippen LogP contribution in [0, 0.1) is 0 Å². The maximum atomic E-state index is 6.44. The van der Waals surface area contributed by atoms with Gasteiger partial charge in [-0.3, -0.25) is 0 Å². The van der Waals surface area contributed by atoms with Gasteiger partial charge >= 0.3 is 0 Å². The Kier molecular flexibility index (Phi) is 7.46. The lowest BCUT2D eigenvalue weighted by Gasteiger charge is -2.12. The molecule has 0 spiro atoms. The summed E-state index contributed by atoms with van der Waals surface area (Å²) in [5, 5.41) is 4.66. The van der Waals surface area contributed by atoms with E-state index in [0.717, 1.165) is 89.0 Å². The molecule has 0 N–H and O–H groups in total. The van der Waals surface area contributed by atoms with Crippen LogP contribution in [0.5, 0.6) is 0 Å². The standard InChI is InChI=1S/C52H33N3O/c1-3-14-34(15-4-1)46-33-47(35-16-5-2-6-17-35)54-52(53-46)39-20-11-18-36(30-39)37-28-29-49-45(32-37)42-22-7-9-26-48(42)55(49)40-21-12-19-38(31-40)41-24-13-25-44-43-23-8-10-27-50(43)56-51(41)44/h1-33H. The molecule has 4 nitrogen and oxygen atoms in total. The van der Waals surface area contributed by atoms with Crippen molar-refractivity contribution in [2.75, 3.05) is 0 Å². The molecule has 0 bridgehead atoms. The fraction of sp³-hybridized carbons (Fsp3) is 0. The zero-order chi connectivity index (χ0) is 37.0. The maximum Gasteiger partial charge on any atom is 0.160 e. The van der Waals surface area contributed by atoms with E-state index in [9.17, 15) is 0 Å². The van der Waals surface area contributed by atoms with Crippen molar-refractivity contribution in [3.05, 3.63) is 200 Å². The molecule has 262 valence electrons. The lowest BCUT2D eigenvalue weighted by Crippen LogP contribution is -1.96. The van der Waals surface area contributed by atoms with Crippen molar-refractivity contribution in [1.29, 1.82) is 0 Å². The number of para-hydroxylation sites is 3. The largest absolute Gasteiger partial charge is 0.455 e. The number of furan rings is 1. The first-order chi connectivity index (χ1) is 27.7. The summed E-state index contributed by atoms with van der Waals surface area (Å²) in [4.78, 5) is 10.2. The maximum absolute atomic E-state index is 6.44. The molecular weight excluding hydrogens is 683 g/mol. The van der Waals surface area contributed by atoms with E-state index in [1.54, 1.807) is 0 Å². The van der Waals surface area contributed by atoms with Gasteiger partial charge in [-0.15, -0.1) is 0 Å². The number of nitrogens with zero attached hydrogens (tertiary/aromatic N) is 3. The van der Waals surface area contributed by atoms with Crippen molar-refractivity contribution in [2.45, 2.75) is 0 Å². The highest BCUT2D eigenvalue weighted by molar-refractivity contribution is 6.11. The van der Waals surface area contributed by atoms with E-state index < -0.39 is 0 Å². The van der Waals surface area contributed by atoms with Crippen LogP contribution in [0.25, 0.3) is 106 Å². The van der Waals surface area contributed by atoms with E-state index in [1.165, 1.54) is 10.8 Å². The van der Waals surface area contributed by atoms with E-state index >= 15 is 0 Å². The summed E-state index contributed by atoms with van der Waals surface area (Å²) in [5.41, 5.74) is 14.5. The third-order valence-corrected chi connectivity index (χ3v) is 10.8. The van der Waals surface area contributed by atoms with Crippen LogP contribution in [0.4, 0.5) is 0 Å². The summed E-state index contributed by atoms with van der Waals surface area (Å²) in [7, 11) is 0. The molecule has 0 unspecified atom stereocenters. The Morgan fingerprint density at radius 2 is 0.946 bits per heavy atom. The van der Waals surface area contributed by atoms with Gasteiger partial charge < -0.3 is 8.98 Å². The summed E-state index contributed by atoms with van der Waals surface area (Å²) in [6, 6.07) is 70.3. The zero-order valence-electron chi connectivity index (χ0n) is 30.3. The van der Waals surface area contributed by atoms with Gasteiger partial charge in [-0.1, -0.05) is 152 Å². The fourth-order valence-electron chi connectivity index (χ4n) is 8.15. The molecule has 11 aromatic rings. The second kappa shape index (κ2) is 13.1. The molecular formula is C52H33N3O. The normalized spacial score (nSPS) is 11.6. The van der Waals surface area contributed by atoms with Crippen LogP contribution in [0.2, 0.25) is 0 Å². The lowest BCUT2D eigenvalue weighted by atomic mass is 10.00. The summed E-state index contributed by atoms with van der Waals surface area (Å²) < 4.78 is 8.81. The van der Waals surface area contributed by atoms with Crippen molar-refractivity contribution in [3.63, 3.8) is 0 Å². The summed E-state index contributed by atoms with van der Waals surface area (Å²) in [6.07, 6.45) is 0. The average molecular weight is 716 g/mol. The fourth-order valence-corrected chi connectivity index (χ4v) is 8.15. The number of benzene rings is 8. The van der Waals surface area contributed by atoms with Gasteiger partial charge in [0.15, 0.2) is 5.82 Å². The first-order valence-corrected chi connectivity index (χ1v) is 18.9. The Labute approximate surface area is 323 Å². The second-order valence-corrected chi connectivity index (χ2v) is 14.2. The summed E-state index contributed by atoms with van der Waals surface area (Å²) >= 11 is 0. The predicted octanol–water partition coefficient (Wildman–Crippen LogP) is 13.8. The minimum Gasteiger partial charge on any atom is -0.455 e. The number of hydrogen-bond acceptors (Lipinski definition) is 3. The molecule has 0 atom stereocenters. The molecule has 8 aromatic carbocycles. The molecule has 0 amide bonds. The summed E-state index contributed by atoms with van der Waals surface area (Å²) in [6.45, 7) is 0. The van der Waals surface area contributed by atoms with Gasteiger partial charge in [0.2, 0.25) is 0 Å². The number of rotatable bonds is 6. The minimum atomic E-state index is 0.697. The monoisotopic (exact) mass is 715 g/mol. The molecule has 4 heteroatoms. The van der Waals surface area contributed by atoms with Gasteiger partial charge in [0.05, 0.1) is 22.4 Å². The summed E-state index contributed by atoms with van der Waals surface area (Å²) in [5.74, 6) is 0.697. The molecule has 0 aliphatic rings. The molecule has 0 radical (unpaired) electrons. The average Bonchev–Trinajstić information content (AvgIpc) is 3.83. The van der Waals surface area contributed by atoms with Crippen LogP contribution in [0.15, 0.2) is 205 Å². The SMILES string of the molecule is c1ccc(-c2cc(-c3ccccc3)nc(-c3cccc(-c4ccc5c(c4)c4ccccc4n5-c4cccc(-c5cccc6c5oc5ccccc56)c4)c3)n2)cc1. The highest BCUT2D eigenvalue weighted by atomic mass is 16.3. The highest BCUT2D eigenvalue weighted by Gasteiger charge is 2.17. The van der Waals surface area contributed by atoms with Crippen LogP contribution >= 0.6 is 0 Å². The minimum absolute atomic E-state index is 0.697. The number of aromatic nitrogens is 3. The predicted molar refractivity (Wildman–Crippen MR) is 231 cm³/mol. The zero-order valence-corrected chi connectivity index (χ0v) is 30.3. The van der Waals surface area contributed by atoms with Crippen molar-refractivity contribution in [2.24, 2.45) is 0 Å². The van der Waals surface area contributed by atoms with Crippen LogP contribution < -0.4 is 0 Å². The molecule has 56 heavy (non-hydrogen) atoms. The van der Waals surface area contributed by atoms with Gasteiger partial charge in [-0.2, -0.15) is 0 Å². The molecule has 0 aliphatic carbocycles. The quantitative estimate of drug-likeness (QED) is 0.172. The van der Waals surface area contributed by atoms with Crippen molar-refractivity contribution in [1.82, 2.24) is 14.5 Å². The topological polar surface area (TPSA) is 43.9 Å². The molecule has 0 aliphatic heterocycles. The van der Waals surface area contributed by atoms with Crippen molar-refractivity contribution < 1.29 is 4.42 Å². The second-order valence-electron chi connectivity index (χ2n) is 14.2. The first kappa shape index (κ1) is 31.9. The van der Waals surface area contributed by atoms with Crippen LogP contribution in [-0.2, 0) is 0 Å². The molecule has 0 saturated carbocycles. The molecule has 0 saturated heterocycles. The van der Waals surface area contributed by atoms with Crippen molar-refractivity contribution in [3.8, 4) is 61.8 Å². The Morgan fingerprint density at radius 3 is 1.75 bits per heavy atom. The smallest absolute Gasteiger partial charge is 0.160 e. The lowest BCUT2D eigenvalue weighted by molar-refractivity contribution is 0.670. The highest BCUT2D eigenvalue weighted by Crippen LogP contribution is 2.39. The van der Waals surface area contributed by atoms with Crippen LogP contribution in [0.1, 0.15) is 0 Å². The van der Waals surface area contributed by atoms with Crippen molar-refractivity contribution >= 4 is 43.7 Å². The van der Waals surface area contributed by atoms with E-state index in [0.29, 0.717) is 5.82 Å². The van der Waals surface area contributed by atoms with E-state index in [-0.39, 0.29) is 0 Å². The molecule has 0 fully saturated rings. The molecule has 3 aromatic heterocycles. The van der Waals surface area contributed by atoms with Gasteiger partial charge in [0.1, 0.15) is 11.2 Å². The Hall–Kier alpha value is -7.56. The van der Waals surface area contributed by atoms with Crippen LogP contribution in [-0.4, -0.2) is 14.5 Å². The number of hydrogen-bond donors (Lipinski definition) is 0. The van der Waals surface area contributed by atoms with Crippen LogP contribution in [0.3, 0.4) is 0 Å². The van der Waals surface area contributed by atoms with E-state index in [1.807, 2.05) is 48.5 Å². The first-order valence-electron chi connectivity index (χ1n) is 18.9. The Balaban J connectivity index is 1.02.